The second-order valence-corrected chi connectivity index (χ2v) is 8.82. The topological polar surface area (TPSA) is 88.1 Å². The number of carbonyl (C=O) groups excluding carboxylic acids is 1. The number of hydrogen-bond donors (Lipinski definition) is 1. The van der Waals surface area contributed by atoms with Gasteiger partial charge in [0, 0.05) is 0 Å². The molecule has 0 spiro atoms. The molecule has 7 nitrogen and oxygen atoms in total. The van der Waals surface area contributed by atoms with Crippen molar-refractivity contribution in [3.8, 4) is 5.75 Å². The van der Waals surface area contributed by atoms with Gasteiger partial charge >= 0.3 is 0 Å². The molecule has 0 aliphatic heterocycles. The molecule has 3 aromatic rings. The third kappa shape index (κ3) is 5.95. The van der Waals surface area contributed by atoms with Crippen LogP contribution >= 0.6 is 0 Å². The molecule has 0 bridgehead atoms. The van der Waals surface area contributed by atoms with Crippen molar-refractivity contribution in [2.45, 2.75) is 18.7 Å². The van der Waals surface area contributed by atoms with Gasteiger partial charge in [-0.2, -0.15) is 5.10 Å². The molecular formula is C24H25N3O4S. The summed E-state index contributed by atoms with van der Waals surface area (Å²) in [5.74, 6) is 0.181. The zero-order valence-corrected chi connectivity index (χ0v) is 18.7. The number of carbonyl (C=O) groups is 1. The molecule has 0 atom stereocenters. The number of hydrogen-bond acceptors (Lipinski definition) is 5. The van der Waals surface area contributed by atoms with Gasteiger partial charge in [-0.25, -0.2) is 13.8 Å². The molecule has 0 saturated heterocycles. The van der Waals surface area contributed by atoms with Crippen molar-refractivity contribution in [2.24, 2.45) is 5.10 Å². The van der Waals surface area contributed by atoms with Crippen LogP contribution in [0.15, 0.2) is 88.9 Å². The van der Waals surface area contributed by atoms with Crippen LogP contribution in [0, 0.1) is 6.92 Å². The lowest BCUT2D eigenvalue weighted by Gasteiger charge is -2.23. The smallest absolute Gasteiger partial charge is 0.264 e. The molecule has 1 N–H and O–H groups in total. The summed E-state index contributed by atoms with van der Waals surface area (Å²) in [7, 11) is -3.94. The monoisotopic (exact) mass is 451 g/mol. The Labute approximate surface area is 188 Å². The van der Waals surface area contributed by atoms with E-state index in [2.05, 4.69) is 10.5 Å². The fourth-order valence-corrected chi connectivity index (χ4v) is 4.35. The van der Waals surface area contributed by atoms with E-state index in [0.29, 0.717) is 12.3 Å². The van der Waals surface area contributed by atoms with Crippen molar-refractivity contribution >= 4 is 27.8 Å². The lowest BCUT2D eigenvalue weighted by atomic mass is 10.2. The Morgan fingerprint density at radius 2 is 1.66 bits per heavy atom. The summed E-state index contributed by atoms with van der Waals surface area (Å²) in [5, 5.41) is 3.95. The van der Waals surface area contributed by atoms with Gasteiger partial charge in [0.15, 0.2) is 0 Å². The van der Waals surface area contributed by atoms with E-state index in [4.69, 9.17) is 4.74 Å². The van der Waals surface area contributed by atoms with Gasteiger partial charge in [0.05, 0.1) is 23.4 Å². The second-order valence-electron chi connectivity index (χ2n) is 6.96. The van der Waals surface area contributed by atoms with Gasteiger partial charge in [0.2, 0.25) is 0 Å². The number of rotatable bonds is 9. The van der Waals surface area contributed by atoms with Crippen molar-refractivity contribution < 1.29 is 17.9 Å². The van der Waals surface area contributed by atoms with Crippen LogP contribution in [0.1, 0.15) is 18.1 Å². The van der Waals surface area contributed by atoms with E-state index < -0.39 is 22.5 Å². The second kappa shape index (κ2) is 10.6. The summed E-state index contributed by atoms with van der Waals surface area (Å²) in [6.07, 6.45) is 1.48. The van der Waals surface area contributed by atoms with Crippen LogP contribution in [0.3, 0.4) is 0 Å². The maximum absolute atomic E-state index is 13.2. The van der Waals surface area contributed by atoms with E-state index in [-0.39, 0.29) is 4.90 Å². The molecule has 3 aromatic carbocycles. The fraction of sp³-hybridized carbons (Fsp3) is 0.167. The van der Waals surface area contributed by atoms with Crippen LogP contribution in [0.2, 0.25) is 0 Å². The van der Waals surface area contributed by atoms with E-state index in [1.54, 1.807) is 66.7 Å². The first kappa shape index (κ1) is 23.0. The number of aryl methyl sites for hydroxylation is 1. The van der Waals surface area contributed by atoms with Gasteiger partial charge in [-0.1, -0.05) is 35.9 Å². The number of nitrogens with one attached hydrogen (secondary N) is 1. The number of amides is 1. The highest BCUT2D eigenvalue weighted by Crippen LogP contribution is 2.23. The third-order valence-corrected chi connectivity index (χ3v) is 6.32. The van der Waals surface area contributed by atoms with Crippen molar-refractivity contribution in [1.82, 2.24) is 5.43 Å². The summed E-state index contributed by atoms with van der Waals surface area (Å²) < 4.78 is 32.9. The quantitative estimate of drug-likeness (QED) is 0.397. The molecule has 0 aliphatic rings. The lowest BCUT2D eigenvalue weighted by molar-refractivity contribution is -0.119. The fourth-order valence-electron chi connectivity index (χ4n) is 2.91. The normalized spacial score (nSPS) is 11.3. The molecule has 3 rings (SSSR count). The summed E-state index contributed by atoms with van der Waals surface area (Å²) in [4.78, 5) is 12.7. The number of hydrazone groups is 1. The average Bonchev–Trinajstić information content (AvgIpc) is 2.80. The molecule has 0 saturated carbocycles. The van der Waals surface area contributed by atoms with Crippen LogP contribution in [-0.4, -0.2) is 33.7 Å². The molecule has 0 heterocycles. The minimum Gasteiger partial charge on any atom is -0.494 e. The van der Waals surface area contributed by atoms with Gasteiger partial charge < -0.3 is 4.74 Å². The Kier molecular flexibility index (Phi) is 7.62. The molecule has 0 aliphatic carbocycles. The minimum absolute atomic E-state index is 0.103. The zero-order chi connectivity index (χ0) is 23.0. The Morgan fingerprint density at radius 3 is 2.28 bits per heavy atom. The van der Waals surface area contributed by atoms with Gasteiger partial charge in [0.25, 0.3) is 15.9 Å². The van der Waals surface area contributed by atoms with Gasteiger partial charge in [-0.15, -0.1) is 0 Å². The Morgan fingerprint density at radius 1 is 1.00 bits per heavy atom. The predicted octanol–water partition coefficient (Wildman–Crippen LogP) is 3.74. The van der Waals surface area contributed by atoms with Crippen molar-refractivity contribution in [2.75, 3.05) is 17.5 Å². The first-order valence-electron chi connectivity index (χ1n) is 10.1. The molecule has 0 fully saturated rings. The Hall–Kier alpha value is -3.65. The maximum Gasteiger partial charge on any atom is 0.264 e. The van der Waals surface area contributed by atoms with Crippen LogP contribution in [-0.2, 0) is 14.8 Å². The summed E-state index contributed by atoms with van der Waals surface area (Å²) in [6, 6.07) is 22.2. The molecule has 1 amide bonds. The van der Waals surface area contributed by atoms with E-state index >= 15 is 0 Å². The van der Waals surface area contributed by atoms with Gasteiger partial charge in [-0.3, -0.25) is 9.10 Å². The molecular weight excluding hydrogens is 426 g/mol. The highest BCUT2D eigenvalue weighted by atomic mass is 32.2. The third-order valence-electron chi connectivity index (χ3n) is 4.53. The largest absolute Gasteiger partial charge is 0.494 e. The van der Waals surface area contributed by atoms with Crippen LogP contribution in [0.5, 0.6) is 5.75 Å². The van der Waals surface area contributed by atoms with Crippen molar-refractivity contribution in [1.29, 1.82) is 0 Å². The number of benzene rings is 3. The molecule has 32 heavy (non-hydrogen) atoms. The summed E-state index contributed by atoms with van der Waals surface area (Å²) >= 11 is 0. The Balaban J connectivity index is 1.75. The maximum atomic E-state index is 13.2. The first-order chi connectivity index (χ1) is 15.4. The minimum atomic E-state index is -3.94. The highest BCUT2D eigenvalue weighted by molar-refractivity contribution is 7.92. The van der Waals surface area contributed by atoms with E-state index in [1.165, 1.54) is 18.3 Å². The van der Waals surface area contributed by atoms with E-state index in [9.17, 15) is 13.2 Å². The lowest BCUT2D eigenvalue weighted by Crippen LogP contribution is -2.39. The van der Waals surface area contributed by atoms with Gasteiger partial charge in [-0.05, 0) is 67.9 Å². The van der Waals surface area contributed by atoms with Crippen LogP contribution in [0.4, 0.5) is 5.69 Å². The highest BCUT2D eigenvalue weighted by Gasteiger charge is 2.26. The standard InChI is InChI=1S/C24H25N3O4S/c1-3-31-22-15-11-20(12-16-22)17-25-26-24(28)18-27(21-13-9-19(2)10-14-21)32(29,30)23-7-5-4-6-8-23/h4-17H,3,18H2,1-2H3,(H,26,28)/b25-17+. The molecule has 0 aromatic heterocycles. The summed E-state index contributed by atoms with van der Waals surface area (Å²) in [5.41, 5.74) is 4.54. The molecule has 0 unspecified atom stereocenters. The van der Waals surface area contributed by atoms with Gasteiger partial charge in [0.1, 0.15) is 12.3 Å². The van der Waals surface area contributed by atoms with Crippen molar-refractivity contribution in [3.63, 3.8) is 0 Å². The molecule has 8 heteroatoms. The van der Waals surface area contributed by atoms with E-state index in [0.717, 1.165) is 21.2 Å². The molecule has 166 valence electrons. The number of nitrogens with zero attached hydrogens (tertiary/aromatic N) is 2. The molecule has 0 radical (unpaired) electrons. The first-order valence-corrected chi connectivity index (χ1v) is 11.5. The van der Waals surface area contributed by atoms with E-state index in [1.807, 2.05) is 13.8 Å². The van der Waals surface area contributed by atoms with Crippen LogP contribution in [0.25, 0.3) is 0 Å². The Bertz CT molecular complexity index is 1160. The van der Waals surface area contributed by atoms with Crippen LogP contribution < -0.4 is 14.5 Å². The predicted molar refractivity (Wildman–Crippen MR) is 126 cm³/mol. The SMILES string of the molecule is CCOc1ccc(/C=N/NC(=O)CN(c2ccc(C)cc2)S(=O)(=O)c2ccccc2)cc1. The summed E-state index contributed by atoms with van der Waals surface area (Å²) in [6.45, 7) is 3.97. The average molecular weight is 452 g/mol. The number of anilines is 1. The zero-order valence-electron chi connectivity index (χ0n) is 17.9. The number of ether oxygens (including phenoxy) is 1. The number of sulfonamides is 1. The van der Waals surface area contributed by atoms with Crippen molar-refractivity contribution in [3.05, 3.63) is 90.0 Å².